The second kappa shape index (κ2) is 5.45. The van der Waals surface area contributed by atoms with E-state index in [0.717, 1.165) is 46.5 Å². The Bertz CT molecular complexity index is 577. The van der Waals surface area contributed by atoms with E-state index in [4.69, 9.17) is 0 Å². The predicted molar refractivity (Wildman–Crippen MR) is 84.8 cm³/mol. The van der Waals surface area contributed by atoms with Crippen molar-refractivity contribution in [1.29, 1.82) is 0 Å². The van der Waals surface area contributed by atoms with Gasteiger partial charge in [0.15, 0.2) is 0 Å². The smallest absolute Gasteiger partial charge is 0.295 e. The van der Waals surface area contributed by atoms with Crippen molar-refractivity contribution in [3.63, 3.8) is 0 Å². The Balaban J connectivity index is 1.97. The lowest BCUT2D eigenvalue weighted by Crippen LogP contribution is -2.26. The van der Waals surface area contributed by atoms with E-state index >= 15 is 0 Å². The number of aliphatic imine (C=N–C) groups is 1. The summed E-state index contributed by atoms with van der Waals surface area (Å²) >= 11 is 2.30. The molecule has 2 aliphatic rings. The molecule has 0 radical (unpaired) electrons. The first-order valence-corrected chi connectivity index (χ1v) is 7.69. The number of amidine groups is 1. The van der Waals surface area contributed by atoms with Crippen molar-refractivity contribution >= 4 is 40.4 Å². The molecule has 1 aromatic rings. The van der Waals surface area contributed by atoms with Crippen LogP contribution in [0.2, 0.25) is 0 Å². The summed E-state index contributed by atoms with van der Waals surface area (Å²) in [4.78, 5) is 18.4. The molecule has 3 nitrogen and oxygen atoms in total. The van der Waals surface area contributed by atoms with E-state index in [9.17, 15) is 4.79 Å². The van der Waals surface area contributed by atoms with Gasteiger partial charge in [0, 0.05) is 16.5 Å². The number of carbonyl (C=O) groups is 1. The van der Waals surface area contributed by atoms with E-state index in [-0.39, 0.29) is 5.91 Å². The predicted octanol–water partition coefficient (Wildman–Crippen LogP) is 3.45. The van der Waals surface area contributed by atoms with Crippen molar-refractivity contribution in [2.24, 2.45) is 4.99 Å². The molecule has 0 aromatic heterocycles. The maximum absolute atomic E-state index is 12.1. The number of hydrogen-bond acceptors (Lipinski definition) is 2. The highest BCUT2D eigenvalue weighted by atomic mass is 127. The van der Waals surface area contributed by atoms with Crippen LogP contribution in [0.15, 0.2) is 35.0 Å². The third-order valence-electron chi connectivity index (χ3n) is 3.53. The number of nitrogens with zero attached hydrogens (tertiary/aromatic N) is 2. The number of halogens is 1. The average Bonchev–Trinajstić information content (AvgIpc) is 2.58. The minimum Gasteiger partial charge on any atom is -0.325 e. The minimum atomic E-state index is -0.0865. The van der Waals surface area contributed by atoms with Crippen LogP contribution >= 0.6 is 22.6 Å². The molecule has 0 saturated carbocycles. The molecule has 1 amide bonds. The Morgan fingerprint density at radius 2 is 2.05 bits per heavy atom. The monoisotopic (exact) mass is 366 g/mol. The van der Waals surface area contributed by atoms with Crippen molar-refractivity contribution in [2.75, 3.05) is 6.54 Å². The van der Waals surface area contributed by atoms with Gasteiger partial charge in [-0.2, -0.15) is 4.99 Å². The van der Waals surface area contributed by atoms with Crippen LogP contribution in [0.3, 0.4) is 0 Å². The van der Waals surface area contributed by atoms with Gasteiger partial charge in [-0.05, 0) is 53.1 Å². The highest BCUT2D eigenvalue weighted by Crippen LogP contribution is 2.26. The van der Waals surface area contributed by atoms with E-state index in [1.165, 1.54) is 6.42 Å². The SMILES string of the molecule is O=C1N=C2CCCCCN2/C1=C\c1ccccc1I. The van der Waals surface area contributed by atoms with E-state index in [0.29, 0.717) is 0 Å². The van der Waals surface area contributed by atoms with Gasteiger partial charge in [-0.3, -0.25) is 4.79 Å². The molecule has 4 heteroatoms. The molecule has 0 bridgehead atoms. The van der Waals surface area contributed by atoms with Crippen molar-refractivity contribution in [3.05, 3.63) is 39.1 Å². The Morgan fingerprint density at radius 3 is 2.89 bits per heavy atom. The fourth-order valence-corrected chi connectivity index (χ4v) is 3.08. The summed E-state index contributed by atoms with van der Waals surface area (Å²) < 4.78 is 1.16. The summed E-state index contributed by atoms with van der Waals surface area (Å²) in [6, 6.07) is 8.10. The second-order valence-electron chi connectivity index (χ2n) is 4.85. The van der Waals surface area contributed by atoms with Crippen LogP contribution in [0.1, 0.15) is 31.2 Å². The molecule has 1 aromatic carbocycles. The molecule has 3 rings (SSSR count). The minimum absolute atomic E-state index is 0.0865. The van der Waals surface area contributed by atoms with E-state index in [1.54, 1.807) is 0 Å². The number of fused-ring (bicyclic) bond motifs is 1. The maximum Gasteiger partial charge on any atom is 0.295 e. The van der Waals surface area contributed by atoms with Crippen molar-refractivity contribution < 1.29 is 4.79 Å². The molecule has 1 fully saturated rings. The van der Waals surface area contributed by atoms with Gasteiger partial charge in [0.2, 0.25) is 0 Å². The summed E-state index contributed by atoms with van der Waals surface area (Å²) in [6.45, 7) is 0.916. The van der Waals surface area contributed by atoms with Gasteiger partial charge in [0.25, 0.3) is 5.91 Å². The molecular weight excluding hydrogens is 351 g/mol. The van der Waals surface area contributed by atoms with Gasteiger partial charge >= 0.3 is 0 Å². The largest absolute Gasteiger partial charge is 0.325 e. The van der Waals surface area contributed by atoms with Gasteiger partial charge in [-0.15, -0.1) is 0 Å². The molecule has 1 saturated heterocycles. The summed E-state index contributed by atoms with van der Waals surface area (Å²) in [6.07, 6.45) is 6.40. The van der Waals surface area contributed by atoms with E-state index in [1.807, 2.05) is 24.3 Å². The highest BCUT2D eigenvalue weighted by Gasteiger charge is 2.29. The van der Waals surface area contributed by atoms with Crippen LogP contribution in [0.4, 0.5) is 0 Å². The Morgan fingerprint density at radius 1 is 1.21 bits per heavy atom. The molecule has 2 aliphatic heterocycles. The van der Waals surface area contributed by atoms with Crippen LogP contribution in [-0.2, 0) is 4.79 Å². The Hall–Kier alpha value is -1.17. The first-order valence-electron chi connectivity index (χ1n) is 6.61. The van der Waals surface area contributed by atoms with Gasteiger partial charge < -0.3 is 4.90 Å². The number of amides is 1. The molecule has 19 heavy (non-hydrogen) atoms. The number of benzene rings is 1. The van der Waals surface area contributed by atoms with Crippen LogP contribution in [-0.4, -0.2) is 23.2 Å². The number of rotatable bonds is 1. The quantitative estimate of drug-likeness (QED) is 0.564. The summed E-state index contributed by atoms with van der Waals surface area (Å²) in [5.74, 6) is 0.872. The summed E-state index contributed by atoms with van der Waals surface area (Å²) in [7, 11) is 0. The van der Waals surface area contributed by atoms with E-state index in [2.05, 4.69) is 38.5 Å². The number of carbonyl (C=O) groups excluding carboxylic acids is 1. The maximum atomic E-state index is 12.1. The van der Waals surface area contributed by atoms with Gasteiger partial charge in [-0.25, -0.2) is 0 Å². The van der Waals surface area contributed by atoms with E-state index < -0.39 is 0 Å². The standard InChI is InChI=1S/C15H15IN2O/c16-12-7-4-3-6-11(12)10-13-15(19)17-14-8-2-1-5-9-18(13)14/h3-4,6-7,10H,1-2,5,8-9H2/b13-10-. The van der Waals surface area contributed by atoms with Crippen molar-refractivity contribution in [2.45, 2.75) is 25.7 Å². The van der Waals surface area contributed by atoms with Gasteiger partial charge in [0.05, 0.1) is 0 Å². The second-order valence-corrected chi connectivity index (χ2v) is 6.01. The fourth-order valence-electron chi connectivity index (χ4n) is 2.54. The lowest BCUT2D eigenvalue weighted by atomic mass is 10.2. The molecule has 2 heterocycles. The molecule has 98 valence electrons. The normalized spacial score (nSPS) is 21.3. The van der Waals surface area contributed by atoms with Crippen molar-refractivity contribution in [1.82, 2.24) is 4.90 Å². The lowest BCUT2D eigenvalue weighted by molar-refractivity contribution is -0.114. The molecule has 0 aliphatic carbocycles. The molecule has 0 unspecified atom stereocenters. The average molecular weight is 366 g/mol. The molecule has 0 N–H and O–H groups in total. The summed E-state index contributed by atoms with van der Waals surface area (Å²) in [5, 5.41) is 0. The Labute approximate surface area is 126 Å². The van der Waals surface area contributed by atoms with Gasteiger partial charge in [0.1, 0.15) is 11.5 Å². The topological polar surface area (TPSA) is 32.7 Å². The molecular formula is C15H15IN2O. The zero-order chi connectivity index (χ0) is 13.2. The highest BCUT2D eigenvalue weighted by molar-refractivity contribution is 14.1. The fraction of sp³-hybridized carbons (Fsp3) is 0.333. The third kappa shape index (κ3) is 2.59. The van der Waals surface area contributed by atoms with Crippen LogP contribution in [0.25, 0.3) is 6.08 Å². The number of hydrogen-bond donors (Lipinski definition) is 0. The summed E-state index contributed by atoms with van der Waals surface area (Å²) in [5.41, 5.74) is 1.83. The van der Waals surface area contributed by atoms with Gasteiger partial charge in [-0.1, -0.05) is 24.6 Å². The first-order chi connectivity index (χ1) is 9.25. The van der Waals surface area contributed by atoms with Crippen LogP contribution in [0.5, 0.6) is 0 Å². The molecule has 0 spiro atoms. The third-order valence-corrected chi connectivity index (χ3v) is 4.51. The van der Waals surface area contributed by atoms with Crippen molar-refractivity contribution in [3.8, 4) is 0 Å². The zero-order valence-electron chi connectivity index (χ0n) is 10.6. The first kappa shape index (κ1) is 12.8. The Kier molecular flexibility index (Phi) is 3.68. The van der Waals surface area contributed by atoms with Crippen LogP contribution < -0.4 is 0 Å². The lowest BCUT2D eigenvalue weighted by Gasteiger charge is -2.18. The molecule has 0 atom stereocenters. The zero-order valence-corrected chi connectivity index (χ0v) is 12.8. The van der Waals surface area contributed by atoms with Crippen LogP contribution in [0, 0.1) is 3.57 Å².